The lowest BCUT2D eigenvalue weighted by atomic mass is 10.2. The summed E-state index contributed by atoms with van der Waals surface area (Å²) in [5, 5.41) is 19.6. The molecule has 0 aromatic carbocycles. The molecule has 0 fully saturated rings. The third-order valence-electron chi connectivity index (χ3n) is 2.08. The largest absolute Gasteiger partial charge is 0.394 e. The van der Waals surface area contributed by atoms with Gasteiger partial charge >= 0.3 is 0 Å². The van der Waals surface area contributed by atoms with Crippen LogP contribution in [0.2, 0.25) is 0 Å². The number of rotatable bonds is 7. The van der Waals surface area contributed by atoms with Crippen LogP contribution in [0.15, 0.2) is 0 Å². The van der Waals surface area contributed by atoms with Crippen molar-refractivity contribution in [1.82, 2.24) is 10.4 Å². The fourth-order valence-corrected chi connectivity index (χ4v) is 1.21. The van der Waals surface area contributed by atoms with Crippen LogP contribution in [0.4, 0.5) is 0 Å². The molecule has 0 aliphatic carbocycles. The van der Waals surface area contributed by atoms with E-state index in [1.807, 2.05) is 12.1 Å². The molecule has 0 rings (SSSR count). The molecule has 4 heteroatoms. The van der Waals surface area contributed by atoms with E-state index >= 15 is 0 Å². The molecule has 13 heavy (non-hydrogen) atoms. The summed E-state index contributed by atoms with van der Waals surface area (Å²) in [7, 11) is 1.87. The van der Waals surface area contributed by atoms with Crippen molar-refractivity contribution in [3.8, 4) is 0 Å². The zero-order chi connectivity index (χ0) is 10.3. The van der Waals surface area contributed by atoms with E-state index in [2.05, 4.69) is 19.3 Å². The van der Waals surface area contributed by atoms with Gasteiger partial charge in [0.15, 0.2) is 0 Å². The number of hydrogen-bond donors (Lipinski definition) is 3. The molecule has 0 aliphatic rings. The zero-order valence-electron chi connectivity index (χ0n) is 8.82. The second-order valence-electron chi connectivity index (χ2n) is 3.36. The highest BCUT2D eigenvalue weighted by Gasteiger charge is 2.09. The first-order valence-corrected chi connectivity index (χ1v) is 4.90. The van der Waals surface area contributed by atoms with Gasteiger partial charge in [-0.05, 0) is 12.8 Å². The Balaban J connectivity index is 3.65. The molecule has 0 saturated heterocycles. The zero-order valence-corrected chi connectivity index (χ0v) is 8.82. The predicted octanol–water partition coefficient (Wildman–Crippen LogP) is -0.0354. The Kier molecular flexibility index (Phi) is 7.17. The van der Waals surface area contributed by atoms with Gasteiger partial charge in [0.25, 0.3) is 0 Å². The first-order valence-electron chi connectivity index (χ1n) is 4.90. The minimum Gasteiger partial charge on any atom is -0.394 e. The summed E-state index contributed by atoms with van der Waals surface area (Å²) in [5.41, 5.74) is 3.24. The number of hydrazine groups is 1. The van der Waals surface area contributed by atoms with Crippen LogP contribution in [-0.2, 0) is 0 Å². The topological polar surface area (TPSA) is 55.7 Å². The van der Waals surface area contributed by atoms with E-state index in [0.717, 1.165) is 12.8 Å². The van der Waals surface area contributed by atoms with Crippen molar-refractivity contribution in [2.75, 3.05) is 20.2 Å². The van der Waals surface area contributed by atoms with Crippen molar-refractivity contribution >= 4 is 0 Å². The van der Waals surface area contributed by atoms with Gasteiger partial charge in [0.2, 0.25) is 0 Å². The summed E-state index contributed by atoms with van der Waals surface area (Å²) in [5.74, 6) is 0. The minimum atomic E-state index is -0.660. The first kappa shape index (κ1) is 12.8. The lowest BCUT2D eigenvalue weighted by molar-refractivity contribution is 0.0451. The molecule has 0 heterocycles. The Morgan fingerprint density at radius 3 is 2.23 bits per heavy atom. The second kappa shape index (κ2) is 7.26. The highest BCUT2D eigenvalue weighted by Crippen LogP contribution is 1.97. The van der Waals surface area contributed by atoms with Crippen LogP contribution in [-0.4, -0.2) is 47.6 Å². The Morgan fingerprint density at radius 1 is 1.31 bits per heavy atom. The third kappa shape index (κ3) is 5.99. The predicted molar refractivity (Wildman–Crippen MR) is 53.2 cm³/mol. The molecule has 0 spiro atoms. The van der Waals surface area contributed by atoms with Gasteiger partial charge in [-0.1, -0.05) is 13.8 Å². The molecular formula is C9H22N2O2. The third-order valence-corrected chi connectivity index (χ3v) is 2.08. The van der Waals surface area contributed by atoms with Crippen molar-refractivity contribution in [2.24, 2.45) is 0 Å². The number of hydrogen-bond acceptors (Lipinski definition) is 4. The van der Waals surface area contributed by atoms with E-state index in [-0.39, 0.29) is 6.61 Å². The summed E-state index contributed by atoms with van der Waals surface area (Å²) >= 11 is 0. The lowest BCUT2D eigenvalue weighted by Gasteiger charge is -2.25. The Labute approximate surface area is 80.5 Å². The number of nitrogens with zero attached hydrogens (tertiary/aromatic N) is 1. The summed E-state index contributed by atoms with van der Waals surface area (Å²) < 4.78 is 0. The molecule has 0 aromatic rings. The number of aliphatic hydroxyl groups is 2. The summed E-state index contributed by atoms with van der Waals surface area (Å²) in [6, 6.07) is 0.455. The quantitative estimate of drug-likeness (QED) is 0.493. The monoisotopic (exact) mass is 190 g/mol. The van der Waals surface area contributed by atoms with E-state index < -0.39 is 6.10 Å². The van der Waals surface area contributed by atoms with Gasteiger partial charge < -0.3 is 10.2 Å². The standard InChI is InChI=1S/C9H22N2O2/c1-4-8(5-2)10-11(3)6-9(13)7-12/h8-10,12-13H,4-7H2,1-3H3/t9-/m0/s1. The van der Waals surface area contributed by atoms with Crippen LogP contribution >= 0.6 is 0 Å². The van der Waals surface area contributed by atoms with Gasteiger partial charge in [0.1, 0.15) is 0 Å². The number of aliphatic hydroxyl groups excluding tert-OH is 2. The van der Waals surface area contributed by atoms with Crippen molar-refractivity contribution in [3.63, 3.8) is 0 Å². The maximum atomic E-state index is 9.15. The average molecular weight is 190 g/mol. The Bertz CT molecular complexity index is 118. The smallest absolute Gasteiger partial charge is 0.0911 e. The fourth-order valence-electron chi connectivity index (χ4n) is 1.21. The average Bonchev–Trinajstić information content (AvgIpc) is 2.13. The maximum absolute atomic E-state index is 9.15. The van der Waals surface area contributed by atoms with Crippen LogP contribution in [0.5, 0.6) is 0 Å². The molecule has 0 aromatic heterocycles. The van der Waals surface area contributed by atoms with Crippen molar-refractivity contribution in [2.45, 2.75) is 38.8 Å². The van der Waals surface area contributed by atoms with E-state index in [1.54, 1.807) is 0 Å². The highest BCUT2D eigenvalue weighted by atomic mass is 16.3. The molecule has 0 aliphatic heterocycles. The van der Waals surface area contributed by atoms with Crippen LogP contribution in [0, 0.1) is 0 Å². The second-order valence-corrected chi connectivity index (χ2v) is 3.36. The molecule has 0 amide bonds. The van der Waals surface area contributed by atoms with E-state index in [9.17, 15) is 0 Å². The molecule has 3 N–H and O–H groups in total. The van der Waals surface area contributed by atoms with Crippen LogP contribution < -0.4 is 5.43 Å². The van der Waals surface area contributed by atoms with E-state index in [0.29, 0.717) is 12.6 Å². The molecule has 0 saturated carbocycles. The molecule has 0 unspecified atom stereocenters. The van der Waals surface area contributed by atoms with Gasteiger partial charge in [-0.15, -0.1) is 0 Å². The first-order chi connectivity index (χ1) is 6.13. The summed E-state index contributed by atoms with van der Waals surface area (Å²) in [6.45, 7) is 4.51. The van der Waals surface area contributed by atoms with Crippen molar-refractivity contribution in [3.05, 3.63) is 0 Å². The van der Waals surface area contributed by atoms with Crippen LogP contribution in [0.25, 0.3) is 0 Å². The van der Waals surface area contributed by atoms with Crippen LogP contribution in [0.1, 0.15) is 26.7 Å². The van der Waals surface area contributed by atoms with E-state index in [1.165, 1.54) is 0 Å². The molecule has 0 radical (unpaired) electrons. The Morgan fingerprint density at radius 2 is 1.85 bits per heavy atom. The number of nitrogens with one attached hydrogen (secondary N) is 1. The lowest BCUT2D eigenvalue weighted by Crippen LogP contribution is -2.45. The fraction of sp³-hybridized carbons (Fsp3) is 1.00. The van der Waals surface area contributed by atoms with Crippen LogP contribution in [0.3, 0.4) is 0 Å². The maximum Gasteiger partial charge on any atom is 0.0911 e. The molecular weight excluding hydrogens is 168 g/mol. The van der Waals surface area contributed by atoms with Gasteiger partial charge in [0, 0.05) is 19.6 Å². The summed E-state index contributed by atoms with van der Waals surface area (Å²) in [6.07, 6.45) is 1.47. The van der Waals surface area contributed by atoms with Gasteiger partial charge in [0.05, 0.1) is 12.7 Å². The molecule has 0 bridgehead atoms. The molecule has 1 atom stereocenters. The normalized spacial score (nSPS) is 14.1. The van der Waals surface area contributed by atoms with Crippen molar-refractivity contribution < 1.29 is 10.2 Å². The summed E-state index contributed by atoms with van der Waals surface area (Å²) in [4.78, 5) is 0. The molecule has 4 nitrogen and oxygen atoms in total. The van der Waals surface area contributed by atoms with Crippen molar-refractivity contribution in [1.29, 1.82) is 0 Å². The SMILES string of the molecule is CCC(CC)NN(C)C[C@H](O)CO. The van der Waals surface area contributed by atoms with Gasteiger partial charge in [-0.3, -0.25) is 5.43 Å². The number of likely N-dealkylation sites (N-methyl/N-ethyl adjacent to an activating group) is 1. The van der Waals surface area contributed by atoms with Gasteiger partial charge in [-0.2, -0.15) is 0 Å². The highest BCUT2D eigenvalue weighted by molar-refractivity contribution is 4.62. The minimum absolute atomic E-state index is 0.186. The van der Waals surface area contributed by atoms with Gasteiger partial charge in [-0.25, -0.2) is 5.01 Å². The van der Waals surface area contributed by atoms with E-state index in [4.69, 9.17) is 10.2 Å². The Hall–Kier alpha value is -0.160. The molecule has 80 valence electrons.